The Morgan fingerprint density at radius 2 is 2.07 bits per heavy atom. The van der Waals surface area contributed by atoms with Crippen molar-refractivity contribution in [1.82, 2.24) is 20.3 Å². The lowest BCUT2D eigenvalue weighted by Gasteiger charge is -2.08. The van der Waals surface area contributed by atoms with Crippen LogP contribution in [-0.2, 0) is 0 Å². The maximum atomic E-state index is 12.3. The fraction of sp³-hybridized carbons (Fsp3) is 0.190. The maximum Gasteiger partial charge on any atom is 0.258 e. The Bertz CT molecular complexity index is 1100. The van der Waals surface area contributed by atoms with E-state index in [0.717, 1.165) is 22.5 Å². The monoisotopic (exact) mass is 394 g/mol. The lowest BCUT2D eigenvalue weighted by atomic mass is 10.1. The van der Waals surface area contributed by atoms with Crippen molar-refractivity contribution in [2.45, 2.75) is 26.8 Å². The number of aromatic nitrogens is 3. The van der Waals surface area contributed by atoms with E-state index in [1.54, 1.807) is 12.1 Å². The first-order valence-corrected chi connectivity index (χ1v) is 9.75. The number of aryl methyl sites for hydroxylation is 1. The van der Waals surface area contributed by atoms with Crippen LogP contribution in [0.4, 0.5) is 0 Å². The van der Waals surface area contributed by atoms with Crippen LogP contribution >= 0.6 is 11.3 Å². The number of nitrogens with one attached hydrogen (secondary N) is 3. The minimum atomic E-state index is -0.279. The number of amides is 1. The number of allylic oxidation sites excluding steroid dienone is 2. The molecule has 0 radical (unpaired) electrons. The molecule has 0 aromatic carbocycles. The molecule has 7 heteroatoms. The molecule has 6 nitrogen and oxygen atoms in total. The van der Waals surface area contributed by atoms with Gasteiger partial charge in [-0.05, 0) is 26.8 Å². The zero-order chi connectivity index (χ0) is 20.3. The molecule has 28 heavy (non-hydrogen) atoms. The van der Waals surface area contributed by atoms with Gasteiger partial charge in [0.15, 0.2) is 0 Å². The SMILES string of the molecule is C=C/C=C\c1c(-c2csc(-c3cc(C(=O)NC(C)C)c[nH]c3=O)n2)c[nH]c1C. The molecule has 3 rings (SSSR count). The van der Waals surface area contributed by atoms with Crippen molar-refractivity contribution in [3.05, 3.63) is 69.7 Å². The van der Waals surface area contributed by atoms with Crippen LogP contribution < -0.4 is 10.9 Å². The van der Waals surface area contributed by atoms with E-state index in [1.807, 2.05) is 44.5 Å². The lowest BCUT2D eigenvalue weighted by molar-refractivity contribution is 0.0943. The molecule has 3 N–H and O–H groups in total. The van der Waals surface area contributed by atoms with Crippen LogP contribution in [0.2, 0.25) is 0 Å². The molecule has 0 aliphatic heterocycles. The first-order chi connectivity index (χ1) is 13.4. The Labute approximate surface area is 167 Å². The molecular formula is C21H22N4O2S. The van der Waals surface area contributed by atoms with Crippen LogP contribution in [0.25, 0.3) is 27.9 Å². The van der Waals surface area contributed by atoms with E-state index in [2.05, 4.69) is 26.8 Å². The third-order valence-electron chi connectivity index (χ3n) is 4.12. The zero-order valence-corrected chi connectivity index (χ0v) is 16.8. The second-order valence-electron chi connectivity index (χ2n) is 6.63. The van der Waals surface area contributed by atoms with Crippen molar-refractivity contribution >= 4 is 23.3 Å². The van der Waals surface area contributed by atoms with Gasteiger partial charge in [-0.25, -0.2) is 4.98 Å². The summed E-state index contributed by atoms with van der Waals surface area (Å²) in [5, 5.41) is 5.29. The Kier molecular flexibility index (Phi) is 5.75. The summed E-state index contributed by atoms with van der Waals surface area (Å²) in [5.74, 6) is -0.234. The van der Waals surface area contributed by atoms with Crippen molar-refractivity contribution < 1.29 is 4.79 Å². The second-order valence-corrected chi connectivity index (χ2v) is 7.49. The standard InChI is InChI=1S/C21H22N4O2S/c1-5-6-7-15-13(4)22-10-17(15)18-11-28-21(25-18)16-8-14(9-23-20(16)27)19(26)24-12(2)3/h5-12,22H,1H2,2-4H3,(H,23,27)(H,24,26)/b7-6-. The predicted molar refractivity (Wildman–Crippen MR) is 115 cm³/mol. The number of nitrogens with zero attached hydrogens (tertiary/aromatic N) is 1. The normalized spacial score (nSPS) is 11.3. The lowest BCUT2D eigenvalue weighted by Crippen LogP contribution is -2.30. The first-order valence-electron chi connectivity index (χ1n) is 8.87. The van der Waals surface area contributed by atoms with Gasteiger partial charge in [-0.15, -0.1) is 11.3 Å². The summed E-state index contributed by atoms with van der Waals surface area (Å²) in [6.45, 7) is 9.46. The van der Waals surface area contributed by atoms with Crippen LogP contribution in [-0.4, -0.2) is 26.9 Å². The third kappa shape index (κ3) is 4.04. The third-order valence-corrected chi connectivity index (χ3v) is 5.00. The van der Waals surface area contributed by atoms with E-state index in [4.69, 9.17) is 0 Å². The van der Waals surface area contributed by atoms with Crippen molar-refractivity contribution in [3.8, 4) is 21.8 Å². The Morgan fingerprint density at radius 1 is 1.29 bits per heavy atom. The molecule has 0 spiro atoms. The van der Waals surface area contributed by atoms with E-state index in [-0.39, 0.29) is 17.5 Å². The van der Waals surface area contributed by atoms with E-state index in [1.165, 1.54) is 17.5 Å². The fourth-order valence-corrected chi connectivity index (χ4v) is 3.60. The van der Waals surface area contributed by atoms with Crippen LogP contribution in [0.1, 0.15) is 35.5 Å². The summed E-state index contributed by atoms with van der Waals surface area (Å²) in [6.07, 6.45) is 8.88. The van der Waals surface area contributed by atoms with Gasteiger partial charge in [0, 0.05) is 40.6 Å². The van der Waals surface area contributed by atoms with Crippen molar-refractivity contribution in [2.24, 2.45) is 0 Å². The molecule has 0 fully saturated rings. The van der Waals surface area contributed by atoms with Crippen molar-refractivity contribution in [1.29, 1.82) is 0 Å². The Hall–Kier alpha value is -3.19. The quantitative estimate of drug-likeness (QED) is 0.549. The minimum Gasteiger partial charge on any atom is -0.364 e. The number of thiazole rings is 1. The molecule has 0 atom stereocenters. The van der Waals surface area contributed by atoms with Gasteiger partial charge >= 0.3 is 0 Å². The van der Waals surface area contributed by atoms with E-state index in [9.17, 15) is 9.59 Å². The molecule has 3 aromatic rings. The summed E-state index contributed by atoms with van der Waals surface area (Å²) in [5.41, 5.74) is 4.26. The summed E-state index contributed by atoms with van der Waals surface area (Å²) >= 11 is 1.37. The average molecular weight is 395 g/mol. The summed E-state index contributed by atoms with van der Waals surface area (Å²) < 4.78 is 0. The molecular weight excluding hydrogens is 372 g/mol. The summed E-state index contributed by atoms with van der Waals surface area (Å²) in [6, 6.07) is 1.59. The van der Waals surface area contributed by atoms with Gasteiger partial charge in [-0.1, -0.05) is 24.8 Å². The molecule has 0 saturated heterocycles. The fourth-order valence-electron chi connectivity index (χ4n) is 2.77. The molecule has 0 bridgehead atoms. The summed E-state index contributed by atoms with van der Waals surface area (Å²) in [7, 11) is 0. The predicted octanol–water partition coefficient (Wildman–Crippen LogP) is 4.14. The number of hydrogen-bond donors (Lipinski definition) is 3. The summed E-state index contributed by atoms with van der Waals surface area (Å²) in [4.78, 5) is 35.1. The van der Waals surface area contributed by atoms with Crippen LogP contribution in [0.5, 0.6) is 0 Å². The van der Waals surface area contributed by atoms with E-state index < -0.39 is 0 Å². The second kappa shape index (κ2) is 8.22. The number of hydrogen-bond acceptors (Lipinski definition) is 4. The highest BCUT2D eigenvalue weighted by Crippen LogP contribution is 2.31. The van der Waals surface area contributed by atoms with Gasteiger partial charge in [-0.2, -0.15) is 0 Å². The van der Waals surface area contributed by atoms with Gasteiger partial charge in [0.25, 0.3) is 11.5 Å². The molecule has 1 amide bonds. The number of pyridine rings is 1. The molecule has 0 aliphatic carbocycles. The average Bonchev–Trinajstić information content (AvgIpc) is 3.26. The van der Waals surface area contributed by atoms with Gasteiger partial charge < -0.3 is 15.3 Å². The number of carbonyl (C=O) groups is 1. The van der Waals surface area contributed by atoms with Crippen LogP contribution in [0, 0.1) is 6.92 Å². The highest BCUT2D eigenvalue weighted by atomic mass is 32.1. The molecule has 3 aromatic heterocycles. The van der Waals surface area contributed by atoms with Crippen LogP contribution in [0.3, 0.4) is 0 Å². The molecule has 0 unspecified atom stereocenters. The van der Waals surface area contributed by atoms with Gasteiger partial charge in [0.2, 0.25) is 0 Å². The molecule has 0 aliphatic rings. The number of carbonyl (C=O) groups excluding carboxylic acids is 1. The van der Waals surface area contributed by atoms with E-state index in [0.29, 0.717) is 16.1 Å². The van der Waals surface area contributed by atoms with Gasteiger partial charge in [0.1, 0.15) is 5.01 Å². The zero-order valence-electron chi connectivity index (χ0n) is 16.0. The minimum absolute atomic E-state index is 0.00761. The van der Waals surface area contributed by atoms with Gasteiger partial charge in [0.05, 0.1) is 16.8 Å². The van der Waals surface area contributed by atoms with Gasteiger partial charge in [-0.3, -0.25) is 9.59 Å². The largest absolute Gasteiger partial charge is 0.364 e. The first kappa shape index (κ1) is 19.6. The molecule has 144 valence electrons. The van der Waals surface area contributed by atoms with Crippen molar-refractivity contribution in [3.63, 3.8) is 0 Å². The Balaban J connectivity index is 1.99. The number of H-pyrrole nitrogens is 2. The topological polar surface area (TPSA) is 90.6 Å². The number of aromatic amines is 2. The molecule has 3 heterocycles. The van der Waals surface area contributed by atoms with Crippen molar-refractivity contribution in [2.75, 3.05) is 0 Å². The highest BCUT2D eigenvalue weighted by Gasteiger charge is 2.16. The smallest absolute Gasteiger partial charge is 0.258 e. The number of rotatable bonds is 6. The maximum absolute atomic E-state index is 12.3. The highest BCUT2D eigenvalue weighted by molar-refractivity contribution is 7.13. The van der Waals surface area contributed by atoms with E-state index >= 15 is 0 Å². The van der Waals surface area contributed by atoms with Crippen LogP contribution in [0.15, 0.2) is 47.4 Å². The Morgan fingerprint density at radius 3 is 2.79 bits per heavy atom. The molecule has 0 saturated carbocycles.